The SMILES string of the molecule is N#Cc1ccc(S(=O)(=O)Nc2ccc(Oc3ccc(-n4ccnc4)nn3)cc2)cc1. The number of anilines is 1. The maximum atomic E-state index is 12.5. The number of rotatable bonds is 6. The van der Waals surface area contributed by atoms with Gasteiger partial charge < -0.3 is 4.74 Å². The highest BCUT2D eigenvalue weighted by atomic mass is 32.2. The molecular weight excluding hydrogens is 404 g/mol. The van der Waals surface area contributed by atoms with E-state index in [-0.39, 0.29) is 4.90 Å². The molecule has 30 heavy (non-hydrogen) atoms. The smallest absolute Gasteiger partial charge is 0.261 e. The third kappa shape index (κ3) is 4.26. The molecule has 4 aromatic rings. The molecule has 0 aliphatic rings. The molecule has 148 valence electrons. The van der Waals surface area contributed by atoms with Crippen molar-refractivity contribution >= 4 is 15.7 Å². The molecule has 1 N–H and O–H groups in total. The fourth-order valence-electron chi connectivity index (χ4n) is 2.53. The Morgan fingerprint density at radius 1 is 0.967 bits per heavy atom. The number of benzene rings is 2. The van der Waals surface area contributed by atoms with Gasteiger partial charge in [0, 0.05) is 24.1 Å². The number of imidazole rings is 1. The Labute approximate surface area is 172 Å². The average molecular weight is 418 g/mol. The lowest BCUT2D eigenvalue weighted by atomic mass is 10.2. The van der Waals surface area contributed by atoms with Gasteiger partial charge in [0.15, 0.2) is 5.82 Å². The predicted octanol–water partition coefficient (Wildman–Crippen LogP) is 3.13. The summed E-state index contributed by atoms with van der Waals surface area (Å²) in [5.74, 6) is 1.37. The molecule has 9 nitrogen and oxygen atoms in total. The van der Waals surface area contributed by atoms with Crippen molar-refractivity contribution in [2.45, 2.75) is 4.90 Å². The van der Waals surface area contributed by atoms with Crippen LogP contribution in [0.25, 0.3) is 5.82 Å². The molecule has 0 atom stereocenters. The molecule has 0 amide bonds. The van der Waals surface area contributed by atoms with Crippen LogP contribution in [0.4, 0.5) is 5.69 Å². The van der Waals surface area contributed by atoms with E-state index >= 15 is 0 Å². The summed E-state index contributed by atoms with van der Waals surface area (Å²) in [6, 6.07) is 17.4. The van der Waals surface area contributed by atoms with E-state index in [2.05, 4.69) is 19.9 Å². The highest BCUT2D eigenvalue weighted by Crippen LogP contribution is 2.23. The summed E-state index contributed by atoms with van der Waals surface area (Å²) in [7, 11) is -3.77. The van der Waals surface area contributed by atoms with Crippen LogP contribution < -0.4 is 9.46 Å². The van der Waals surface area contributed by atoms with Crippen molar-refractivity contribution < 1.29 is 13.2 Å². The molecule has 0 aliphatic carbocycles. The first-order chi connectivity index (χ1) is 14.5. The van der Waals surface area contributed by atoms with Crippen LogP contribution in [-0.4, -0.2) is 28.2 Å². The van der Waals surface area contributed by atoms with Crippen molar-refractivity contribution in [3.63, 3.8) is 0 Å². The maximum Gasteiger partial charge on any atom is 0.261 e. The number of ether oxygens (including phenoxy) is 1. The standard InChI is InChI=1S/C20H14N6O3S/c21-13-15-1-7-18(8-2-15)30(27,28)25-16-3-5-17(6-4-16)29-20-10-9-19(23-24-20)26-12-11-22-14-26/h1-12,14,25H. The number of hydrogen-bond donors (Lipinski definition) is 1. The first-order valence-electron chi connectivity index (χ1n) is 8.66. The third-order valence-corrected chi connectivity index (χ3v) is 5.41. The second-order valence-corrected chi connectivity index (χ2v) is 7.75. The summed E-state index contributed by atoms with van der Waals surface area (Å²) in [6.07, 6.45) is 5.01. The minimum Gasteiger partial charge on any atom is -0.438 e. The Balaban J connectivity index is 1.43. The fraction of sp³-hybridized carbons (Fsp3) is 0. The largest absolute Gasteiger partial charge is 0.438 e. The van der Waals surface area contributed by atoms with Crippen LogP contribution in [0.2, 0.25) is 0 Å². The minimum absolute atomic E-state index is 0.0649. The van der Waals surface area contributed by atoms with Crippen molar-refractivity contribution in [1.82, 2.24) is 19.7 Å². The first kappa shape index (κ1) is 19.1. The molecule has 0 unspecified atom stereocenters. The van der Waals surface area contributed by atoms with Gasteiger partial charge in [0.05, 0.1) is 16.5 Å². The van der Waals surface area contributed by atoms with E-state index in [1.807, 2.05) is 6.07 Å². The van der Waals surface area contributed by atoms with Gasteiger partial charge in [-0.05, 0) is 54.6 Å². The van der Waals surface area contributed by atoms with Gasteiger partial charge in [-0.25, -0.2) is 13.4 Å². The lowest BCUT2D eigenvalue weighted by molar-refractivity contribution is 0.454. The van der Waals surface area contributed by atoms with Gasteiger partial charge in [0.2, 0.25) is 5.88 Å². The summed E-state index contributed by atoms with van der Waals surface area (Å²) >= 11 is 0. The molecule has 10 heteroatoms. The molecule has 4 rings (SSSR count). The van der Waals surface area contributed by atoms with Crippen LogP contribution in [-0.2, 0) is 10.0 Å². The van der Waals surface area contributed by atoms with Crippen LogP contribution >= 0.6 is 0 Å². The maximum absolute atomic E-state index is 12.5. The van der Waals surface area contributed by atoms with Crippen LogP contribution in [0.3, 0.4) is 0 Å². The molecule has 2 aromatic carbocycles. The van der Waals surface area contributed by atoms with Gasteiger partial charge >= 0.3 is 0 Å². The second kappa shape index (κ2) is 8.02. The Kier molecular flexibility index (Phi) is 5.11. The summed E-state index contributed by atoms with van der Waals surface area (Å²) < 4.78 is 34.7. The van der Waals surface area contributed by atoms with Crippen molar-refractivity contribution in [3.05, 3.63) is 84.9 Å². The van der Waals surface area contributed by atoms with E-state index in [1.165, 1.54) is 24.3 Å². The van der Waals surface area contributed by atoms with E-state index in [4.69, 9.17) is 10.00 Å². The van der Waals surface area contributed by atoms with Crippen molar-refractivity contribution in [3.8, 4) is 23.5 Å². The monoisotopic (exact) mass is 418 g/mol. The normalized spacial score (nSPS) is 10.9. The van der Waals surface area contributed by atoms with E-state index < -0.39 is 10.0 Å². The molecule has 0 bridgehead atoms. The molecule has 0 spiro atoms. The summed E-state index contributed by atoms with van der Waals surface area (Å²) in [4.78, 5) is 4.02. The quantitative estimate of drug-likeness (QED) is 0.510. The number of sulfonamides is 1. The van der Waals surface area contributed by atoms with Gasteiger partial charge in [-0.2, -0.15) is 5.26 Å². The molecule has 0 radical (unpaired) electrons. The van der Waals surface area contributed by atoms with Crippen molar-refractivity contribution in [1.29, 1.82) is 5.26 Å². The molecular formula is C20H14N6O3S. The number of aromatic nitrogens is 4. The van der Waals surface area contributed by atoms with Crippen LogP contribution in [0.5, 0.6) is 11.6 Å². The van der Waals surface area contributed by atoms with E-state index in [9.17, 15) is 8.42 Å². The molecule has 2 aromatic heterocycles. The van der Waals surface area contributed by atoms with E-state index in [0.717, 1.165) is 0 Å². The van der Waals surface area contributed by atoms with E-state index in [0.29, 0.717) is 28.7 Å². The summed E-state index contributed by atoms with van der Waals surface area (Å²) in [5.41, 5.74) is 0.754. The van der Waals surface area contributed by atoms with Gasteiger partial charge in [-0.15, -0.1) is 10.2 Å². The highest BCUT2D eigenvalue weighted by Gasteiger charge is 2.14. The van der Waals surface area contributed by atoms with Crippen LogP contribution in [0, 0.1) is 11.3 Å². The lowest BCUT2D eigenvalue weighted by Crippen LogP contribution is -2.12. The zero-order chi connectivity index (χ0) is 21.0. The first-order valence-corrected chi connectivity index (χ1v) is 10.1. The Hall–Kier alpha value is -4.23. The van der Waals surface area contributed by atoms with Gasteiger partial charge in [0.1, 0.15) is 12.1 Å². The zero-order valence-electron chi connectivity index (χ0n) is 15.4. The molecule has 0 saturated carbocycles. The van der Waals surface area contributed by atoms with Crippen LogP contribution in [0.15, 0.2) is 84.3 Å². The van der Waals surface area contributed by atoms with Gasteiger partial charge in [0.25, 0.3) is 10.0 Å². The summed E-state index contributed by atoms with van der Waals surface area (Å²) in [6.45, 7) is 0. The number of hydrogen-bond acceptors (Lipinski definition) is 7. The van der Waals surface area contributed by atoms with E-state index in [1.54, 1.807) is 59.7 Å². The highest BCUT2D eigenvalue weighted by molar-refractivity contribution is 7.92. The lowest BCUT2D eigenvalue weighted by Gasteiger charge is -2.09. The van der Waals surface area contributed by atoms with Crippen molar-refractivity contribution in [2.75, 3.05) is 4.72 Å². The molecule has 2 heterocycles. The summed E-state index contributed by atoms with van der Waals surface area (Å²) in [5, 5.41) is 16.9. The Morgan fingerprint density at radius 2 is 1.73 bits per heavy atom. The molecule has 0 saturated heterocycles. The van der Waals surface area contributed by atoms with Gasteiger partial charge in [-0.3, -0.25) is 9.29 Å². The number of nitrogens with zero attached hydrogens (tertiary/aromatic N) is 5. The predicted molar refractivity (Wildman–Crippen MR) is 108 cm³/mol. The second-order valence-electron chi connectivity index (χ2n) is 6.07. The zero-order valence-corrected chi connectivity index (χ0v) is 16.2. The Bertz CT molecular complexity index is 1280. The number of nitriles is 1. The van der Waals surface area contributed by atoms with Crippen LogP contribution in [0.1, 0.15) is 5.56 Å². The number of nitrogens with one attached hydrogen (secondary N) is 1. The van der Waals surface area contributed by atoms with Gasteiger partial charge in [-0.1, -0.05) is 0 Å². The fourth-order valence-corrected chi connectivity index (χ4v) is 3.59. The topological polar surface area (TPSA) is 123 Å². The van der Waals surface area contributed by atoms with Crippen molar-refractivity contribution in [2.24, 2.45) is 0 Å². The average Bonchev–Trinajstić information content (AvgIpc) is 3.30. The minimum atomic E-state index is -3.77. The molecule has 0 aliphatic heterocycles. The molecule has 0 fully saturated rings. The Morgan fingerprint density at radius 3 is 2.33 bits per heavy atom. The third-order valence-electron chi connectivity index (χ3n) is 4.02.